The average molecular weight is 264 g/mol. The van der Waals surface area contributed by atoms with E-state index in [2.05, 4.69) is 26.1 Å². The van der Waals surface area contributed by atoms with Gasteiger partial charge in [0.15, 0.2) is 0 Å². The molecular weight excluding hydrogens is 244 g/mol. The summed E-state index contributed by atoms with van der Waals surface area (Å²) in [7, 11) is 1.47. The van der Waals surface area contributed by atoms with Gasteiger partial charge in [-0.1, -0.05) is 26.8 Å². The third-order valence-electron chi connectivity index (χ3n) is 3.35. The van der Waals surface area contributed by atoms with E-state index in [1.165, 1.54) is 7.11 Å². The fourth-order valence-corrected chi connectivity index (χ4v) is 1.69. The molecule has 0 fully saturated rings. The van der Waals surface area contributed by atoms with Crippen LogP contribution < -0.4 is 15.8 Å². The van der Waals surface area contributed by atoms with Gasteiger partial charge in [0.1, 0.15) is 5.75 Å². The van der Waals surface area contributed by atoms with Gasteiger partial charge in [-0.2, -0.15) is 0 Å². The van der Waals surface area contributed by atoms with Crippen LogP contribution in [0.25, 0.3) is 0 Å². The van der Waals surface area contributed by atoms with E-state index in [-0.39, 0.29) is 5.41 Å². The van der Waals surface area contributed by atoms with Gasteiger partial charge >= 0.3 is 6.03 Å². The van der Waals surface area contributed by atoms with Gasteiger partial charge < -0.3 is 10.5 Å². The summed E-state index contributed by atoms with van der Waals surface area (Å²) in [5, 5.41) is 2.05. The van der Waals surface area contributed by atoms with Crippen LogP contribution in [-0.4, -0.2) is 19.0 Å². The fraction of sp³-hybridized carbons (Fsp3) is 0.429. The minimum absolute atomic E-state index is 0.0615. The molecule has 5 heteroatoms. The summed E-state index contributed by atoms with van der Waals surface area (Å²) < 4.78 is 5.14. The monoisotopic (exact) mass is 264 g/mol. The van der Waals surface area contributed by atoms with Gasteiger partial charge in [-0.15, -0.1) is 0 Å². The van der Waals surface area contributed by atoms with Gasteiger partial charge in [-0.05, 0) is 29.5 Å². The molecule has 0 spiro atoms. The Kier molecular flexibility index (Phi) is 4.53. The number of imide groups is 1. The minimum Gasteiger partial charge on any atom is -0.496 e. The van der Waals surface area contributed by atoms with Crippen LogP contribution >= 0.6 is 0 Å². The normalized spacial score (nSPS) is 10.9. The van der Waals surface area contributed by atoms with Crippen molar-refractivity contribution in [3.05, 3.63) is 29.3 Å². The van der Waals surface area contributed by atoms with Gasteiger partial charge in [-0.3, -0.25) is 10.1 Å². The van der Waals surface area contributed by atoms with Crippen molar-refractivity contribution in [3.8, 4) is 5.75 Å². The van der Waals surface area contributed by atoms with Crippen molar-refractivity contribution in [2.75, 3.05) is 7.11 Å². The molecule has 104 valence electrons. The molecule has 0 aliphatic heterocycles. The molecule has 1 aromatic rings. The van der Waals surface area contributed by atoms with Crippen LogP contribution in [-0.2, 0) is 5.41 Å². The first kappa shape index (κ1) is 15.0. The Morgan fingerprint density at radius 3 is 2.47 bits per heavy atom. The van der Waals surface area contributed by atoms with E-state index in [1.54, 1.807) is 12.1 Å². The lowest BCUT2D eigenvalue weighted by Crippen LogP contribution is -2.35. The lowest BCUT2D eigenvalue weighted by atomic mass is 9.81. The summed E-state index contributed by atoms with van der Waals surface area (Å²) >= 11 is 0. The zero-order valence-electron chi connectivity index (χ0n) is 11.7. The molecule has 3 N–H and O–H groups in total. The number of urea groups is 1. The van der Waals surface area contributed by atoms with Crippen LogP contribution in [0.2, 0.25) is 0 Å². The Labute approximate surface area is 113 Å². The van der Waals surface area contributed by atoms with Gasteiger partial charge in [0, 0.05) is 0 Å². The third-order valence-corrected chi connectivity index (χ3v) is 3.35. The molecule has 0 saturated carbocycles. The van der Waals surface area contributed by atoms with Crippen molar-refractivity contribution in [2.45, 2.75) is 32.6 Å². The van der Waals surface area contributed by atoms with Crippen molar-refractivity contribution < 1.29 is 14.3 Å². The van der Waals surface area contributed by atoms with Crippen molar-refractivity contribution >= 4 is 11.9 Å². The highest BCUT2D eigenvalue weighted by atomic mass is 16.5. The molecule has 1 rings (SSSR count). The van der Waals surface area contributed by atoms with Gasteiger partial charge in [0.2, 0.25) is 0 Å². The number of carbonyl (C=O) groups is 2. The number of benzene rings is 1. The highest BCUT2D eigenvalue weighted by Gasteiger charge is 2.22. The molecule has 3 amide bonds. The molecule has 0 radical (unpaired) electrons. The minimum atomic E-state index is -0.882. The first-order chi connectivity index (χ1) is 8.81. The summed E-state index contributed by atoms with van der Waals surface area (Å²) in [5.74, 6) is -0.146. The second-order valence-electron chi connectivity index (χ2n) is 4.97. The first-order valence-electron chi connectivity index (χ1n) is 6.11. The number of ether oxygens (including phenoxy) is 1. The Bertz CT molecular complexity index is 495. The Hall–Kier alpha value is -2.04. The highest BCUT2D eigenvalue weighted by Crippen LogP contribution is 2.30. The van der Waals surface area contributed by atoms with Crippen molar-refractivity contribution in [2.24, 2.45) is 5.73 Å². The van der Waals surface area contributed by atoms with E-state index in [9.17, 15) is 9.59 Å². The zero-order chi connectivity index (χ0) is 14.6. The van der Waals surface area contributed by atoms with Crippen LogP contribution in [0.4, 0.5) is 4.79 Å². The van der Waals surface area contributed by atoms with E-state index in [4.69, 9.17) is 10.5 Å². The highest BCUT2D eigenvalue weighted by molar-refractivity contribution is 6.05. The molecule has 5 nitrogen and oxygen atoms in total. The van der Waals surface area contributed by atoms with Gasteiger partial charge in [-0.25, -0.2) is 4.79 Å². The number of methoxy groups -OCH3 is 1. The number of nitrogens with one attached hydrogen (secondary N) is 1. The number of amides is 3. The molecule has 0 bridgehead atoms. The van der Waals surface area contributed by atoms with Crippen LogP contribution in [0, 0.1) is 0 Å². The molecule has 0 aliphatic carbocycles. The second-order valence-corrected chi connectivity index (χ2v) is 4.97. The Morgan fingerprint density at radius 1 is 1.37 bits per heavy atom. The van der Waals surface area contributed by atoms with E-state index >= 15 is 0 Å². The number of carbonyl (C=O) groups excluding carboxylic acids is 2. The molecule has 19 heavy (non-hydrogen) atoms. The summed E-state index contributed by atoms with van der Waals surface area (Å²) in [6.45, 7) is 6.25. The fourth-order valence-electron chi connectivity index (χ4n) is 1.69. The van der Waals surface area contributed by atoms with E-state index in [1.807, 2.05) is 6.07 Å². The molecular formula is C14H20N2O3. The standard InChI is InChI=1S/C14H20N2O3/c1-5-14(2,3)9-6-7-11(19-4)10(8-9)12(17)16-13(15)18/h6-8H,5H2,1-4H3,(H3,15,16,17,18). The average Bonchev–Trinajstić information content (AvgIpc) is 2.37. The van der Waals surface area contributed by atoms with E-state index < -0.39 is 11.9 Å². The number of nitrogens with two attached hydrogens (primary N) is 1. The maximum atomic E-state index is 11.9. The van der Waals surface area contributed by atoms with E-state index in [0.717, 1.165) is 12.0 Å². The number of primary amides is 1. The maximum absolute atomic E-state index is 11.9. The van der Waals surface area contributed by atoms with Crippen molar-refractivity contribution in [3.63, 3.8) is 0 Å². The third kappa shape index (κ3) is 3.47. The maximum Gasteiger partial charge on any atom is 0.319 e. The predicted octanol–water partition coefficient (Wildman–Crippen LogP) is 2.19. The topological polar surface area (TPSA) is 81.4 Å². The Balaban J connectivity index is 3.24. The van der Waals surface area contributed by atoms with Crippen LogP contribution in [0.1, 0.15) is 43.1 Å². The van der Waals surface area contributed by atoms with Crippen LogP contribution in [0.5, 0.6) is 5.75 Å². The first-order valence-corrected chi connectivity index (χ1v) is 6.11. The molecule has 0 atom stereocenters. The number of rotatable bonds is 4. The summed E-state index contributed by atoms with van der Waals surface area (Å²) in [4.78, 5) is 22.7. The summed E-state index contributed by atoms with van der Waals surface area (Å²) in [6, 6.07) is 4.50. The molecule has 0 aliphatic rings. The van der Waals surface area contributed by atoms with Gasteiger partial charge in [0.05, 0.1) is 12.7 Å². The SMILES string of the molecule is CCC(C)(C)c1ccc(OC)c(C(=O)NC(N)=O)c1. The van der Waals surface area contributed by atoms with Crippen LogP contribution in [0.3, 0.4) is 0 Å². The van der Waals surface area contributed by atoms with Gasteiger partial charge in [0.25, 0.3) is 5.91 Å². The smallest absolute Gasteiger partial charge is 0.319 e. The number of hydrogen-bond acceptors (Lipinski definition) is 3. The lowest BCUT2D eigenvalue weighted by Gasteiger charge is -2.24. The molecule has 0 saturated heterocycles. The van der Waals surface area contributed by atoms with Crippen LogP contribution in [0.15, 0.2) is 18.2 Å². The number of hydrogen-bond donors (Lipinski definition) is 2. The van der Waals surface area contributed by atoms with Crippen molar-refractivity contribution in [1.29, 1.82) is 0 Å². The summed E-state index contributed by atoms with van der Waals surface area (Å²) in [5.41, 5.74) is 6.21. The predicted molar refractivity (Wildman–Crippen MR) is 73.4 cm³/mol. The largest absolute Gasteiger partial charge is 0.496 e. The molecule has 0 heterocycles. The molecule has 1 aromatic carbocycles. The molecule has 0 aromatic heterocycles. The second kappa shape index (κ2) is 5.73. The van der Waals surface area contributed by atoms with E-state index in [0.29, 0.717) is 11.3 Å². The zero-order valence-corrected chi connectivity index (χ0v) is 11.7. The molecule has 0 unspecified atom stereocenters. The lowest BCUT2D eigenvalue weighted by molar-refractivity contribution is 0.0963. The van der Waals surface area contributed by atoms with Crippen molar-refractivity contribution in [1.82, 2.24) is 5.32 Å². The quantitative estimate of drug-likeness (QED) is 0.874. The summed E-state index contributed by atoms with van der Waals surface area (Å²) in [6.07, 6.45) is 0.927. The Morgan fingerprint density at radius 2 is 2.00 bits per heavy atom.